The van der Waals surface area contributed by atoms with Gasteiger partial charge in [-0.1, -0.05) is 6.42 Å². The fourth-order valence-corrected chi connectivity index (χ4v) is 0.632. The fourth-order valence-electron chi connectivity index (χ4n) is 0.632. The number of nitrogens with zero attached hydrogens (tertiary/aromatic N) is 1. The summed E-state index contributed by atoms with van der Waals surface area (Å²) in [7, 11) is 6.00. The van der Waals surface area contributed by atoms with Crippen molar-refractivity contribution in [2.24, 2.45) is 0 Å². The predicted octanol–water partition coefficient (Wildman–Crippen LogP) is 1.51. The smallest absolute Gasteiger partial charge is 0.119 e. The second-order valence-electron chi connectivity index (χ2n) is 3.31. The summed E-state index contributed by atoms with van der Waals surface area (Å²) < 4.78 is 0. The van der Waals surface area contributed by atoms with Crippen molar-refractivity contribution in [1.82, 2.24) is 4.90 Å². The Morgan fingerprint density at radius 2 is 1.14 bits per heavy atom. The average Bonchev–Trinajstić information content (AvgIpc) is 2.03. The van der Waals surface area contributed by atoms with Crippen LogP contribution in [0.4, 0.5) is 0 Å². The predicted molar refractivity (Wildman–Crippen MR) is 54.8 cm³/mol. The van der Waals surface area contributed by atoms with Crippen LogP contribution in [-0.2, 0) is 42.3 Å². The topological polar surface area (TPSA) is 37.4 Å². The minimum Gasteiger partial charge on any atom is -0.312 e. The molecule has 0 rings (SSSR count). The van der Waals surface area contributed by atoms with Crippen LogP contribution in [0.1, 0.15) is 32.1 Å². The van der Waals surface area contributed by atoms with E-state index in [9.17, 15) is 9.59 Å². The Kier molecular flexibility index (Phi) is 27.1. The van der Waals surface area contributed by atoms with Crippen molar-refractivity contribution >= 4 is 12.6 Å². The zero-order valence-corrected chi connectivity index (χ0v) is 12.4. The molecule has 14 heavy (non-hydrogen) atoms. The molecule has 0 fully saturated rings. The van der Waals surface area contributed by atoms with Crippen molar-refractivity contribution in [1.29, 1.82) is 0 Å². The molecule has 0 aromatic rings. The second kappa shape index (κ2) is 19.1. The summed E-state index contributed by atoms with van der Waals surface area (Å²) in [5, 5.41) is 0. The van der Waals surface area contributed by atoms with Gasteiger partial charge in [-0.2, -0.15) is 0 Å². The molecule has 0 aliphatic rings. The Morgan fingerprint density at radius 3 is 1.36 bits per heavy atom. The summed E-state index contributed by atoms with van der Waals surface area (Å²) in [6.45, 7) is 0. The quantitative estimate of drug-likeness (QED) is 0.545. The molecule has 0 spiro atoms. The maximum absolute atomic E-state index is 9.77. The van der Waals surface area contributed by atoms with E-state index >= 15 is 0 Å². The van der Waals surface area contributed by atoms with E-state index in [2.05, 4.69) is 0 Å². The zero-order valence-electron chi connectivity index (χ0n) is 9.53. The number of hydrogen-bond acceptors (Lipinski definition) is 3. The third kappa shape index (κ3) is 39.3. The van der Waals surface area contributed by atoms with Crippen molar-refractivity contribution in [3.05, 3.63) is 0 Å². The van der Waals surface area contributed by atoms with Crippen LogP contribution in [0.2, 0.25) is 0 Å². The van der Waals surface area contributed by atoms with E-state index in [1.54, 1.807) is 0 Å². The van der Waals surface area contributed by atoms with E-state index in [-0.39, 0.29) is 32.7 Å². The first-order chi connectivity index (χ1) is 6.15. The second-order valence-corrected chi connectivity index (χ2v) is 3.31. The molecule has 0 heterocycles. The number of rotatable bonds is 6. The summed E-state index contributed by atoms with van der Waals surface area (Å²) in [5.41, 5.74) is 0. The molecule has 0 unspecified atom stereocenters. The number of aldehydes is 2. The fraction of sp³-hybridized carbons (Fsp3) is 0.800. The minimum atomic E-state index is 0. The maximum atomic E-state index is 9.77. The Balaban J connectivity index is -0.000000209. The van der Waals surface area contributed by atoms with Gasteiger partial charge in [-0.3, -0.25) is 0 Å². The van der Waals surface area contributed by atoms with Gasteiger partial charge >= 0.3 is 0 Å². The van der Waals surface area contributed by atoms with Crippen molar-refractivity contribution in [2.45, 2.75) is 32.1 Å². The average molecular weight is 276 g/mol. The van der Waals surface area contributed by atoms with Gasteiger partial charge < -0.3 is 14.5 Å². The van der Waals surface area contributed by atoms with E-state index in [1.165, 1.54) is 0 Å². The van der Waals surface area contributed by atoms with Gasteiger partial charge in [0.1, 0.15) is 12.6 Å². The van der Waals surface area contributed by atoms with Gasteiger partial charge in [0.15, 0.2) is 0 Å². The molecular weight excluding hydrogens is 255 g/mol. The number of unbranched alkanes of at least 4 members (excludes halogenated alkanes) is 4. The first kappa shape index (κ1) is 19.9. The molecule has 4 heteroatoms. The Hall–Kier alpha value is 0.404. The molecule has 0 aliphatic carbocycles. The molecule has 81 valence electrons. The van der Waals surface area contributed by atoms with Gasteiger partial charge in [0.25, 0.3) is 0 Å². The van der Waals surface area contributed by atoms with Crippen LogP contribution in [0.3, 0.4) is 0 Å². The van der Waals surface area contributed by atoms with Gasteiger partial charge in [-0.25, -0.2) is 0 Å². The summed E-state index contributed by atoms with van der Waals surface area (Å²) in [6.07, 6.45) is 5.96. The summed E-state index contributed by atoms with van der Waals surface area (Å²) in [6, 6.07) is 0. The van der Waals surface area contributed by atoms with E-state index < -0.39 is 0 Å². The Labute approximate surface area is 112 Å². The van der Waals surface area contributed by atoms with E-state index in [1.807, 2.05) is 26.0 Å². The van der Waals surface area contributed by atoms with E-state index in [0.29, 0.717) is 12.8 Å². The molecule has 1 radical (unpaired) electrons. The van der Waals surface area contributed by atoms with Crippen molar-refractivity contribution in [2.75, 3.05) is 21.1 Å². The molecule has 0 atom stereocenters. The molecule has 0 N–H and O–H groups in total. The maximum Gasteiger partial charge on any atom is 0.119 e. The first-order valence-corrected chi connectivity index (χ1v) is 4.63. The Morgan fingerprint density at radius 1 is 0.857 bits per heavy atom. The normalized spacial score (nSPS) is 8.29. The van der Waals surface area contributed by atoms with Crippen molar-refractivity contribution in [3.8, 4) is 0 Å². The molecule has 0 saturated carbocycles. The van der Waals surface area contributed by atoms with Crippen LogP contribution in [0.25, 0.3) is 0 Å². The van der Waals surface area contributed by atoms with E-state index in [0.717, 1.165) is 31.8 Å². The molecule has 3 nitrogen and oxygen atoms in total. The number of hydrogen-bond donors (Lipinski definition) is 0. The van der Waals surface area contributed by atoms with Gasteiger partial charge in [0, 0.05) is 45.6 Å². The van der Waals surface area contributed by atoms with Crippen LogP contribution in [0.15, 0.2) is 0 Å². The van der Waals surface area contributed by atoms with Gasteiger partial charge in [-0.05, 0) is 34.0 Å². The minimum absolute atomic E-state index is 0. The molecule has 0 aromatic carbocycles. The number of carbonyl (C=O) groups excluding carboxylic acids is 2. The van der Waals surface area contributed by atoms with E-state index in [4.69, 9.17) is 0 Å². The molecule has 0 amide bonds. The van der Waals surface area contributed by atoms with Crippen LogP contribution in [0, 0.1) is 0 Å². The van der Waals surface area contributed by atoms with Crippen LogP contribution in [0.5, 0.6) is 0 Å². The van der Waals surface area contributed by atoms with Crippen molar-refractivity contribution in [3.63, 3.8) is 0 Å². The van der Waals surface area contributed by atoms with Gasteiger partial charge in [0.05, 0.1) is 0 Å². The molecule has 0 saturated heterocycles. The van der Waals surface area contributed by atoms with Gasteiger partial charge in [0.2, 0.25) is 0 Å². The molecule has 0 aliphatic heterocycles. The van der Waals surface area contributed by atoms with Crippen LogP contribution < -0.4 is 0 Å². The molecule has 0 bridgehead atoms. The largest absolute Gasteiger partial charge is 0.312 e. The first-order valence-electron chi connectivity index (χ1n) is 4.63. The van der Waals surface area contributed by atoms with Crippen LogP contribution >= 0.6 is 0 Å². The summed E-state index contributed by atoms with van der Waals surface area (Å²) >= 11 is 0. The SMILES string of the molecule is CN(C)C.O=CCCCCCC=O.[Y]. The third-order valence-corrected chi connectivity index (χ3v) is 1.14. The van der Waals surface area contributed by atoms with Gasteiger partial charge in [-0.15, -0.1) is 0 Å². The zero-order chi connectivity index (χ0) is 10.5. The van der Waals surface area contributed by atoms with Crippen molar-refractivity contribution < 1.29 is 42.3 Å². The monoisotopic (exact) mass is 276 g/mol. The molecule has 0 aromatic heterocycles. The summed E-state index contributed by atoms with van der Waals surface area (Å²) in [4.78, 5) is 21.5. The third-order valence-electron chi connectivity index (χ3n) is 1.14. The van der Waals surface area contributed by atoms with Crippen LogP contribution in [-0.4, -0.2) is 38.6 Å². The standard InChI is InChI=1S/C7H12O2.C3H9N.Y/c8-6-4-2-1-3-5-7-9;1-4(2)3;/h6-7H,1-5H2;1-3H3;. The Bertz CT molecular complexity index is 106. The number of carbonyl (C=O) groups is 2. The molecular formula is C10H21NO2Y. The summed E-state index contributed by atoms with van der Waals surface area (Å²) in [5.74, 6) is 0.